The molecule has 0 saturated heterocycles. The number of rotatable bonds is 7. The number of hydrogen-bond acceptors (Lipinski definition) is 6. The minimum Gasteiger partial charge on any atom is -0.497 e. The molecule has 3 aromatic rings. The molecule has 0 fully saturated rings. The Kier molecular flexibility index (Phi) is 5.60. The number of aromatic nitrogens is 2. The van der Waals surface area contributed by atoms with Gasteiger partial charge in [0.1, 0.15) is 11.5 Å². The van der Waals surface area contributed by atoms with Crippen molar-refractivity contribution >= 4 is 7.82 Å². The smallest absolute Gasteiger partial charge is 0.497 e. The molecule has 0 aliphatic carbocycles. The third-order valence-corrected chi connectivity index (χ3v) is 4.37. The second-order valence-electron chi connectivity index (χ2n) is 5.67. The van der Waals surface area contributed by atoms with Crippen LogP contribution < -0.4 is 18.7 Å². The van der Waals surface area contributed by atoms with Crippen LogP contribution in [0.1, 0.15) is 0 Å². The van der Waals surface area contributed by atoms with Crippen LogP contribution in [0.5, 0.6) is 23.0 Å². The number of imidazole rings is 1. The van der Waals surface area contributed by atoms with Crippen molar-refractivity contribution < 1.29 is 33.1 Å². The lowest BCUT2D eigenvalue weighted by atomic mass is 10.0. The zero-order chi connectivity index (χ0) is 20.3. The molecule has 0 atom stereocenters. The summed E-state index contributed by atoms with van der Waals surface area (Å²) in [7, 11) is -0.264. The van der Waals surface area contributed by atoms with E-state index in [0.29, 0.717) is 28.5 Å². The highest BCUT2D eigenvalue weighted by Gasteiger charge is 2.21. The number of aromatic amines is 1. The number of ether oxygens (including phenoxy) is 3. The van der Waals surface area contributed by atoms with E-state index in [2.05, 4.69) is 9.97 Å². The molecular formula is C18H19N2O7P. The van der Waals surface area contributed by atoms with Gasteiger partial charge in [-0.1, -0.05) is 0 Å². The Balaban J connectivity index is 2.10. The van der Waals surface area contributed by atoms with E-state index < -0.39 is 7.82 Å². The Morgan fingerprint density at radius 1 is 0.893 bits per heavy atom. The molecule has 0 spiro atoms. The monoisotopic (exact) mass is 406 g/mol. The molecule has 9 nitrogen and oxygen atoms in total. The van der Waals surface area contributed by atoms with Crippen LogP contribution in [0.2, 0.25) is 0 Å². The molecule has 1 aromatic heterocycles. The number of hydrogen-bond donors (Lipinski definition) is 3. The van der Waals surface area contributed by atoms with Gasteiger partial charge in [-0.25, -0.2) is 9.55 Å². The molecule has 0 bridgehead atoms. The molecule has 0 amide bonds. The van der Waals surface area contributed by atoms with Gasteiger partial charge in [0.05, 0.1) is 39.0 Å². The van der Waals surface area contributed by atoms with Crippen LogP contribution in [0.15, 0.2) is 42.7 Å². The van der Waals surface area contributed by atoms with Crippen LogP contribution >= 0.6 is 7.82 Å². The van der Waals surface area contributed by atoms with Crippen molar-refractivity contribution in [1.82, 2.24) is 9.97 Å². The van der Waals surface area contributed by atoms with Crippen LogP contribution in [0.25, 0.3) is 22.5 Å². The van der Waals surface area contributed by atoms with Crippen LogP contribution in [0, 0.1) is 0 Å². The van der Waals surface area contributed by atoms with Crippen LogP contribution in [-0.4, -0.2) is 41.1 Å². The molecule has 28 heavy (non-hydrogen) atoms. The minimum absolute atomic E-state index is 0.0860. The number of benzene rings is 2. The summed E-state index contributed by atoms with van der Waals surface area (Å²) in [6.07, 6.45) is 1.52. The predicted octanol–water partition coefficient (Wildman–Crippen LogP) is 3.24. The number of methoxy groups -OCH3 is 3. The zero-order valence-corrected chi connectivity index (χ0v) is 16.3. The van der Waals surface area contributed by atoms with Crippen LogP contribution in [0.4, 0.5) is 0 Å². The molecule has 0 aliphatic heterocycles. The molecule has 2 aromatic carbocycles. The first-order valence-corrected chi connectivity index (χ1v) is 9.58. The van der Waals surface area contributed by atoms with E-state index in [1.54, 1.807) is 44.6 Å². The largest absolute Gasteiger partial charge is 0.524 e. The van der Waals surface area contributed by atoms with Gasteiger partial charge in [0.15, 0.2) is 11.5 Å². The number of H-pyrrole nitrogens is 1. The maximum Gasteiger partial charge on any atom is 0.524 e. The molecule has 0 radical (unpaired) electrons. The maximum absolute atomic E-state index is 11.3. The van der Waals surface area contributed by atoms with Crippen LogP contribution in [0.3, 0.4) is 0 Å². The maximum atomic E-state index is 11.3. The van der Waals surface area contributed by atoms with Gasteiger partial charge in [0.2, 0.25) is 0 Å². The minimum atomic E-state index is -4.75. The van der Waals surface area contributed by atoms with E-state index >= 15 is 0 Å². The second kappa shape index (κ2) is 7.93. The Bertz CT molecular complexity index is 1010. The summed E-state index contributed by atoms with van der Waals surface area (Å²) in [5, 5.41) is 0. The highest BCUT2D eigenvalue weighted by atomic mass is 31.2. The molecular weight excluding hydrogens is 387 g/mol. The molecule has 1 heterocycles. The van der Waals surface area contributed by atoms with E-state index in [9.17, 15) is 4.57 Å². The van der Waals surface area contributed by atoms with Crippen molar-refractivity contribution in [3.63, 3.8) is 0 Å². The first-order chi connectivity index (χ1) is 13.3. The topological polar surface area (TPSA) is 123 Å². The fraction of sp³-hybridized carbons (Fsp3) is 0.167. The standard InChI is InChI=1S/C18H19N2O7P/c1-24-13-6-12(7-14(9-13)25-2)18-17(19-10-20-18)11-4-5-15(26-3)16(8-11)27-28(21,22)23/h4-10H,1-3H3,(H,19,20)(H2,21,22,23). The molecule has 3 N–H and O–H groups in total. The molecule has 10 heteroatoms. The van der Waals surface area contributed by atoms with Crippen molar-refractivity contribution in [1.29, 1.82) is 0 Å². The summed E-state index contributed by atoms with van der Waals surface area (Å²) in [6.45, 7) is 0. The second-order valence-corrected chi connectivity index (χ2v) is 6.84. The van der Waals surface area contributed by atoms with Crippen molar-refractivity contribution in [2.75, 3.05) is 21.3 Å². The van der Waals surface area contributed by atoms with Crippen molar-refractivity contribution in [2.24, 2.45) is 0 Å². The van der Waals surface area contributed by atoms with Gasteiger partial charge in [0.25, 0.3) is 0 Å². The fourth-order valence-corrected chi connectivity index (χ4v) is 3.11. The lowest BCUT2D eigenvalue weighted by molar-refractivity contribution is 0.276. The molecule has 0 aliphatic rings. The van der Waals surface area contributed by atoms with E-state index in [4.69, 9.17) is 28.5 Å². The Hall–Kier alpha value is -3.00. The number of phosphoric ester groups is 1. The number of nitrogens with one attached hydrogen (secondary N) is 1. The van der Waals surface area contributed by atoms with E-state index in [1.165, 1.54) is 19.5 Å². The SMILES string of the molecule is COc1cc(OC)cc(-c2nc[nH]c2-c2ccc(OC)c(OP(=O)(O)O)c2)c1. The third-order valence-electron chi connectivity index (χ3n) is 3.93. The van der Waals surface area contributed by atoms with Gasteiger partial charge in [-0.2, -0.15) is 0 Å². The summed E-state index contributed by atoms with van der Waals surface area (Å²) in [4.78, 5) is 25.7. The summed E-state index contributed by atoms with van der Waals surface area (Å²) in [5.41, 5.74) is 2.55. The quantitative estimate of drug-likeness (QED) is 0.511. The first kappa shape index (κ1) is 19.8. The first-order valence-electron chi connectivity index (χ1n) is 8.05. The summed E-state index contributed by atoms with van der Waals surface area (Å²) in [5.74, 6) is 1.31. The molecule has 3 rings (SSSR count). The zero-order valence-electron chi connectivity index (χ0n) is 15.4. The van der Waals surface area contributed by atoms with Crippen molar-refractivity contribution in [3.05, 3.63) is 42.7 Å². The highest BCUT2D eigenvalue weighted by Crippen LogP contribution is 2.44. The van der Waals surface area contributed by atoms with Gasteiger partial charge >= 0.3 is 7.82 Å². The third kappa shape index (κ3) is 4.28. The van der Waals surface area contributed by atoms with Gasteiger partial charge in [-0.05, 0) is 30.3 Å². The number of nitrogens with zero attached hydrogens (tertiary/aromatic N) is 1. The number of phosphoric acid groups is 1. The van der Waals surface area contributed by atoms with E-state index in [-0.39, 0.29) is 11.5 Å². The van der Waals surface area contributed by atoms with Gasteiger partial charge in [0, 0.05) is 17.2 Å². The molecule has 148 valence electrons. The fourth-order valence-electron chi connectivity index (χ4n) is 2.71. The average molecular weight is 406 g/mol. The Labute approximate surface area is 161 Å². The van der Waals surface area contributed by atoms with Crippen molar-refractivity contribution in [3.8, 4) is 45.5 Å². The molecule has 0 unspecified atom stereocenters. The summed E-state index contributed by atoms with van der Waals surface area (Å²) in [6, 6.07) is 10.1. The Morgan fingerprint density at radius 2 is 1.57 bits per heavy atom. The highest BCUT2D eigenvalue weighted by molar-refractivity contribution is 7.46. The van der Waals surface area contributed by atoms with Gasteiger partial charge in [-0.15, -0.1) is 0 Å². The van der Waals surface area contributed by atoms with Crippen LogP contribution in [-0.2, 0) is 4.57 Å². The lowest BCUT2D eigenvalue weighted by Gasteiger charge is -2.13. The lowest BCUT2D eigenvalue weighted by Crippen LogP contribution is -1.95. The van der Waals surface area contributed by atoms with Gasteiger partial charge < -0.3 is 23.7 Å². The Morgan fingerprint density at radius 3 is 2.14 bits per heavy atom. The van der Waals surface area contributed by atoms with E-state index in [0.717, 1.165) is 5.56 Å². The normalized spacial score (nSPS) is 11.2. The van der Waals surface area contributed by atoms with Gasteiger partial charge in [-0.3, -0.25) is 9.79 Å². The summed E-state index contributed by atoms with van der Waals surface area (Å²) >= 11 is 0. The predicted molar refractivity (Wildman–Crippen MR) is 102 cm³/mol. The van der Waals surface area contributed by atoms with E-state index in [1.807, 2.05) is 0 Å². The van der Waals surface area contributed by atoms with Crippen molar-refractivity contribution in [2.45, 2.75) is 0 Å². The summed E-state index contributed by atoms with van der Waals surface area (Å²) < 4.78 is 31.7. The average Bonchev–Trinajstić information content (AvgIpc) is 3.16. The molecule has 0 saturated carbocycles.